The predicted molar refractivity (Wildman–Crippen MR) is 75.3 cm³/mol. The summed E-state index contributed by atoms with van der Waals surface area (Å²) in [5, 5.41) is 1.56. The van der Waals surface area contributed by atoms with Gasteiger partial charge in [0.15, 0.2) is 5.88 Å². The highest BCUT2D eigenvalue weighted by Crippen LogP contribution is 2.15. The Balaban J connectivity index is 1.88. The van der Waals surface area contributed by atoms with Gasteiger partial charge in [-0.2, -0.15) is 0 Å². The van der Waals surface area contributed by atoms with Gasteiger partial charge in [0, 0.05) is 11.5 Å². The molecule has 94 valence electrons. The first-order chi connectivity index (χ1) is 9.33. The van der Waals surface area contributed by atoms with Crippen LogP contribution in [0.15, 0.2) is 65.5 Å². The van der Waals surface area contributed by atoms with Gasteiger partial charge in [-0.1, -0.05) is 48.5 Å². The third kappa shape index (κ3) is 2.50. The fraction of sp³-hybridized carbons (Fsp3) is 0.0625. The van der Waals surface area contributed by atoms with E-state index >= 15 is 0 Å². The smallest absolute Gasteiger partial charge is 0.258 e. The maximum absolute atomic E-state index is 11.9. The second-order valence-corrected chi connectivity index (χ2v) is 4.32. The Labute approximate surface area is 110 Å². The molecule has 0 fully saturated rings. The predicted octanol–water partition coefficient (Wildman–Crippen LogP) is 3.11. The Bertz CT molecular complexity index is 747. The van der Waals surface area contributed by atoms with Crippen LogP contribution in [-0.4, -0.2) is 4.98 Å². The zero-order valence-corrected chi connectivity index (χ0v) is 10.3. The van der Waals surface area contributed by atoms with E-state index in [4.69, 9.17) is 4.74 Å². The minimum absolute atomic E-state index is 0.124. The molecule has 0 saturated heterocycles. The van der Waals surface area contributed by atoms with Crippen molar-refractivity contribution in [3.63, 3.8) is 0 Å². The van der Waals surface area contributed by atoms with Gasteiger partial charge >= 0.3 is 0 Å². The summed E-state index contributed by atoms with van der Waals surface area (Å²) in [6.07, 6.45) is 0. The summed E-state index contributed by atoms with van der Waals surface area (Å²) in [5.41, 5.74) is 0.942. The molecule has 0 amide bonds. The van der Waals surface area contributed by atoms with E-state index in [1.807, 2.05) is 54.6 Å². The molecule has 0 aliphatic rings. The van der Waals surface area contributed by atoms with E-state index in [0.29, 0.717) is 17.9 Å². The summed E-state index contributed by atoms with van der Waals surface area (Å²) in [5.74, 6) is 0.493. The lowest BCUT2D eigenvalue weighted by molar-refractivity contribution is 0.294. The first-order valence-electron chi connectivity index (χ1n) is 6.12. The normalized spacial score (nSPS) is 10.5. The monoisotopic (exact) mass is 251 g/mol. The number of hydrogen-bond donors (Lipinski definition) is 1. The molecule has 0 atom stereocenters. The Morgan fingerprint density at radius 3 is 2.53 bits per heavy atom. The maximum atomic E-state index is 11.9. The standard InChI is InChI=1S/C16H13NO2/c18-16-14-9-5-4-8-13(14)10-15(17-16)19-11-12-6-2-1-3-7-12/h1-10H,11H2,(H,17,18). The number of aromatic amines is 1. The van der Waals surface area contributed by atoms with Gasteiger partial charge in [-0.25, -0.2) is 0 Å². The molecule has 3 aromatic rings. The number of rotatable bonds is 3. The number of hydrogen-bond acceptors (Lipinski definition) is 2. The minimum atomic E-state index is -0.124. The van der Waals surface area contributed by atoms with Crippen LogP contribution in [0, 0.1) is 0 Å². The van der Waals surface area contributed by atoms with Gasteiger partial charge in [0.2, 0.25) is 0 Å². The molecule has 3 heteroatoms. The zero-order chi connectivity index (χ0) is 13.1. The largest absolute Gasteiger partial charge is 0.474 e. The molecule has 0 spiro atoms. The molecule has 19 heavy (non-hydrogen) atoms. The lowest BCUT2D eigenvalue weighted by Crippen LogP contribution is -2.08. The van der Waals surface area contributed by atoms with Gasteiger partial charge in [-0.3, -0.25) is 9.78 Å². The van der Waals surface area contributed by atoms with E-state index in [1.165, 1.54) is 0 Å². The van der Waals surface area contributed by atoms with Gasteiger partial charge in [-0.05, 0) is 17.0 Å². The fourth-order valence-corrected chi connectivity index (χ4v) is 2.00. The van der Waals surface area contributed by atoms with E-state index in [1.54, 1.807) is 6.07 Å². The lowest BCUT2D eigenvalue weighted by Gasteiger charge is -2.06. The summed E-state index contributed by atoms with van der Waals surface area (Å²) >= 11 is 0. The third-order valence-corrected chi connectivity index (χ3v) is 2.97. The molecular formula is C16H13NO2. The fourth-order valence-electron chi connectivity index (χ4n) is 2.00. The van der Waals surface area contributed by atoms with Crippen molar-refractivity contribution < 1.29 is 4.74 Å². The van der Waals surface area contributed by atoms with Gasteiger partial charge in [0.25, 0.3) is 5.56 Å². The summed E-state index contributed by atoms with van der Waals surface area (Å²) in [6.45, 7) is 0.440. The Kier molecular flexibility index (Phi) is 3.02. The Hall–Kier alpha value is -2.55. The molecule has 0 aliphatic heterocycles. The maximum Gasteiger partial charge on any atom is 0.258 e. The number of pyridine rings is 1. The zero-order valence-electron chi connectivity index (χ0n) is 10.3. The van der Waals surface area contributed by atoms with E-state index in [-0.39, 0.29) is 5.56 Å². The first-order valence-corrected chi connectivity index (χ1v) is 6.12. The number of nitrogens with one attached hydrogen (secondary N) is 1. The Morgan fingerprint density at radius 2 is 1.68 bits per heavy atom. The summed E-state index contributed by atoms with van der Waals surface area (Å²) in [7, 11) is 0. The minimum Gasteiger partial charge on any atom is -0.474 e. The van der Waals surface area contributed by atoms with Crippen molar-refractivity contribution in [1.29, 1.82) is 0 Å². The van der Waals surface area contributed by atoms with Crippen molar-refractivity contribution in [2.24, 2.45) is 0 Å². The van der Waals surface area contributed by atoms with E-state index in [2.05, 4.69) is 4.98 Å². The van der Waals surface area contributed by atoms with Crippen LogP contribution in [0.3, 0.4) is 0 Å². The SMILES string of the molecule is O=c1[nH]c(OCc2ccccc2)cc2ccccc12. The molecule has 0 unspecified atom stereocenters. The molecule has 1 aromatic heterocycles. The van der Waals surface area contributed by atoms with Crippen LogP contribution in [0.25, 0.3) is 10.8 Å². The average Bonchev–Trinajstić information content (AvgIpc) is 2.46. The third-order valence-electron chi connectivity index (χ3n) is 2.97. The molecular weight excluding hydrogens is 238 g/mol. The van der Waals surface area contributed by atoms with Crippen molar-refractivity contribution >= 4 is 10.8 Å². The van der Waals surface area contributed by atoms with Crippen molar-refractivity contribution in [2.75, 3.05) is 0 Å². The van der Waals surface area contributed by atoms with Crippen molar-refractivity contribution in [3.8, 4) is 5.88 Å². The van der Waals surface area contributed by atoms with Crippen molar-refractivity contribution in [3.05, 3.63) is 76.6 Å². The summed E-state index contributed by atoms with van der Waals surface area (Å²) < 4.78 is 5.63. The van der Waals surface area contributed by atoms with E-state index in [9.17, 15) is 4.79 Å². The molecule has 0 saturated carbocycles. The Morgan fingerprint density at radius 1 is 0.947 bits per heavy atom. The first kappa shape index (κ1) is 11.5. The molecule has 1 heterocycles. The highest BCUT2D eigenvalue weighted by Gasteiger charge is 2.02. The van der Waals surface area contributed by atoms with E-state index in [0.717, 1.165) is 10.9 Å². The molecule has 3 rings (SSSR count). The number of H-pyrrole nitrogens is 1. The number of aromatic nitrogens is 1. The highest BCUT2D eigenvalue weighted by molar-refractivity contribution is 5.82. The average molecular weight is 251 g/mol. The number of benzene rings is 2. The number of ether oxygens (including phenoxy) is 1. The van der Waals surface area contributed by atoms with Gasteiger partial charge in [0.05, 0.1) is 0 Å². The van der Waals surface area contributed by atoms with Crippen LogP contribution in [0.2, 0.25) is 0 Å². The number of fused-ring (bicyclic) bond motifs is 1. The van der Waals surface area contributed by atoms with Gasteiger partial charge in [0.1, 0.15) is 6.61 Å². The topological polar surface area (TPSA) is 42.1 Å². The molecule has 0 aliphatic carbocycles. The van der Waals surface area contributed by atoms with Gasteiger partial charge < -0.3 is 4.74 Å². The second-order valence-electron chi connectivity index (χ2n) is 4.32. The van der Waals surface area contributed by atoms with Crippen LogP contribution in [0.4, 0.5) is 0 Å². The molecule has 0 radical (unpaired) electrons. The van der Waals surface area contributed by atoms with Crippen molar-refractivity contribution in [1.82, 2.24) is 4.98 Å². The van der Waals surface area contributed by atoms with Crippen LogP contribution in [0.1, 0.15) is 5.56 Å². The van der Waals surface area contributed by atoms with Crippen LogP contribution < -0.4 is 10.3 Å². The molecule has 2 aromatic carbocycles. The lowest BCUT2D eigenvalue weighted by atomic mass is 10.2. The van der Waals surface area contributed by atoms with Crippen LogP contribution in [0.5, 0.6) is 5.88 Å². The molecule has 0 bridgehead atoms. The van der Waals surface area contributed by atoms with Gasteiger partial charge in [-0.15, -0.1) is 0 Å². The summed E-state index contributed by atoms with van der Waals surface area (Å²) in [4.78, 5) is 14.6. The molecule has 1 N–H and O–H groups in total. The quantitative estimate of drug-likeness (QED) is 0.777. The van der Waals surface area contributed by atoms with Crippen LogP contribution in [-0.2, 0) is 6.61 Å². The van der Waals surface area contributed by atoms with Crippen LogP contribution >= 0.6 is 0 Å². The summed E-state index contributed by atoms with van der Waals surface area (Å²) in [6, 6.07) is 19.2. The second kappa shape index (κ2) is 4.98. The van der Waals surface area contributed by atoms with Crippen molar-refractivity contribution in [2.45, 2.75) is 6.61 Å². The highest BCUT2D eigenvalue weighted by atomic mass is 16.5. The molecule has 3 nitrogen and oxygen atoms in total. The van der Waals surface area contributed by atoms with E-state index < -0.39 is 0 Å².